The first kappa shape index (κ1) is 34.0. The molecule has 0 aromatic heterocycles. The Morgan fingerprint density at radius 1 is 0.389 bits per heavy atom. The predicted octanol–water partition coefficient (Wildman–Crippen LogP) is 15.0. The van der Waals surface area contributed by atoms with Crippen molar-refractivity contribution in [3.63, 3.8) is 0 Å². The third-order valence-electron chi connectivity index (χ3n) is 10.1. The highest BCUT2D eigenvalue weighted by Crippen LogP contribution is 2.52. The summed E-state index contributed by atoms with van der Waals surface area (Å²) in [6.45, 7) is 17.2. The van der Waals surface area contributed by atoms with Crippen LogP contribution in [0.1, 0.15) is 11.1 Å². The van der Waals surface area contributed by atoms with Gasteiger partial charge in [0.2, 0.25) is 0 Å². The third kappa shape index (κ3) is 5.71. The molecule has 2 nitrogen and oxygen atoms in total. The van der Waals surface area contributed by atoms with Crippen LogP contribution < -0.4 is 9.80 Å². The minimum Gasteiger partial charge on any atom is -0.309 e. The minimum absolute atomic E-state index is 0.927. The maximum atomic E-state index is 4.48. The molecule has 0 atom stereocenters. The summed E-state index contributed by atoms with van der Waals surface area (Å²) in [5.74, 6) is 0. The fourth-order valence-corrected chi connectivity index (χ4v) is 7.90. The summed E-state index contributed by atoms with van der Waals surface area (Å²) in [5.41, 5.74) is 10.5. The number of rotatable bonds is 11. The maximum absolute atomic E-state index is 4.48. The van der Waals surface area contributed by atoms with Crippen molar-refractivity contribution in [3.05, 3.63) is 225 Å². The molecular weight excluding hydrogens is 653 g/mol. The van der Waals surface area contributed by atoms with Crippen LogP contribution in [0.3, 0.4) is 0 Å². The van der Waals surface area contributed by atoms with Gasteiger partial charge in [-0.1, -0.05) is 172 Å². The van der Waals surface area contributed by atoms with Gasteiger partial charge < -0.3 is 9.80 Å². The van der Waals surface area contributed by atoms with Gasteiger partial charge in [-0.05, 0) is 81.4 Å². The Morgan fingerprint density at radius 3 is 1.20 bits per heavy atom. The predicted molar refractivity (Wildman–Crippen MR) is 236 cm³/mol. The fraction of sp³-hybridized carbons (Fsp3) is 0. The van der Waals surface area contributed by atoms with Crippen LogP contribution in [-0.4, -0.2) is 0 Å². The van der Waals surface area contributed by atoms with Crippen LogP contribution in [0, 0.1) is 0 Å². The van der Waals surface area contributed by atoms with Crippen molar-refractivity contribution in [3.8, 4) is 11.1 Å². The van der Waals surface area contributed by atoms with Crippen LogP contribution in [-0.2, 0) is 0 Å². The lowest BCUT2D eigenvalue weighted by molar-refractivity contribution is 1.23. The zero-order valence-electron chi connectivity index (χ0n) is 30.2. The van der Waals surface area contributed by atoms with Crippen molar-refractivity contribution in [2.75, 3.05) is 9.80 Å². The standard InChI is InChI=1S/C52H40N2/c1-5-24-37(6-2)53(38-25-12-9-13-26-38)52-47-35-22-19-32-44(47)50(45-33-20-23-36-48(45)52)49-41(7-3)42(8-4)51(46-34-21-18-31-43(46)49)54(39-27-14-10-15-28-39)40-29-16-11-17-30-40/h5-36H,1-4H2/b37-24+. The molecule has 0 saturated carbocycles. The van der Waals surface area contributed by atoms with Gasteiger partial charge in [0.25, 0.3) is 0 Å². The van der Waals surface area contributed by atoms with E-state index in [1.165, 1.54) is 0 Å². The van der Waals surface area contributed by atoms with E-state index >= 15 is 0 Å². The number of allylic oxidation sites excluding steroid dienone is 3. The highest BCUT2D eigenvalue weighted by molar-refractivity contribution is 6.26. The lowest BCUT2D eigenvalue weighted by Gasteiger charge is -2.32. The van der Waals surface area contributed by atoms with Crippen LogP contribution in [0.5, 0.6) is 0 Å². The van der Waals surface area contributed by atoms with Crippen molar-refractivity contribution in [1.29, 1.82) is 0 Å². The van der Waals surface area contributed by atoms with E-state index in [1.54, 1.807) is 0 Å². The molecule has 0 aliphatic carbocycles. The van der Waals surface area contributed by atoms with Crippen LogP contribution in [0.15, 0.2) is 214 Å². The number of hydrogen-bond acceptors (Lipinski definition) is 2. The van der Waals surface area contributed by atoms with Gasteiger partial charge in [-0.25, -0.2) is 0 Å². The van der Waals surface area contributed by atoms with Crippen LogP contribution in [0.4, 0.5) is 28.4 Å². The van der Waals surface area contributed by atoms with Gasteiger partial charge in [-0.2, -0.15) is 0 Å². The van der Waals surface area contributed by atoms with Gasteiger partial charge in [0.1, 0.15) is 0 Å². The lowest BCUT2D eigenvalue weighted by atomic mass is 9.82. The van der Waals surface area contributed by atoms with Crippen molar-refractivity contribution >= 4 is 72.9 Å². The fourth-order valence-electron chi connectivity index (χ4n) is 7.90. The molecule has 8 aromatic carbocycles. The number of para-hydroxylation sites is 3. The Kier molecular flexibility index (Phi) is 9.32. The van der Waals surface area contributed by atoms with Crippen LogP contribution in [0.25, 0.3) is 55.6 Å². The topological polar surface area (TPSA) is 6.48 Å². The molecule has 8 rings (SSSR count). The lowest BCUT2D eigenvalue weighted by Crippen LogP contribution is -2.16. The second-order valence-electron chi connectivity index (χ2n) is 13.0. The molecule has 0 aliphatic heterocycles. The van der Waals surface area contributed by atoms with Crippen molar-refractivity contribution in [2.24, 2.45) is 0 Å². The van der Waals surface area contributed by atoms with E-state index in [4.69, 9.17) is 0 Å². The molecule has 0 spiro atoms. The van der Waals surface area contributed by atoms with Crippen molar-refractivity contribution < 1.29 is 0 Å². The number of benzene rings is 8. The minimum atomic E-state index is 0.927. The molecule has 0 saturated heterocycles. The monoisotopic (exact) mass is 692 g/mol. The second-order valence-corrected chi connectivity index (χ2v) is 13.0. The van der Waals surface area contributed by atoms with Gasteiger partial charge >= 0.3 is 0 Å². The highest BCUT2D eigenvalue weighted by Gasteiger charge is 2.27. The van der Waals surface area contributed by atoms with E-state index in [1.807, 2.05) is 36.4 Å². The van der Waals surface area contributed by atoms with Gasteiger partial charge in [0, 0.05) is 44.5 Å². The first-order valence-electron chi connectivity index (χ1n) is 18.2. The average Bonchev–Trinajstić information content (AvgIpc) is 3.24. The Hall–Kier alpha value is -7.16. The van der Waals surface area contributed by atoms with E-state index in [0.29, 0.717) is 0 Å². The van der Waals surface area contributed by atoms with Crippen LogP contribution in [0.2, 0.25) is 0 Å². The molecule has 0 unspecified atom stereocenters. The van der Waals surface area contributed by atoms with Crippen molar-refractivity contribution in [1.82, 2.24) is 0 Å². The van der Waals surface area contributed by atoms with E-state index in [-0.39, 0.29) is 0 Å². The van der Waals surface area contributed by atoms with Gasteiger partial charge in [-0.3, -0.25) is 0 Å². The van der Waals surface area contributed by atoms with Crippen molar-refractivity contribution in [2.45, 2.75) is 0 Å². The number of anilines is 5. The summed E-state index contributed by atoms with van der Waals surface area (Å²) in [4.78, 5) is 4.64. The molecule has 0 aliphatic rings. The molecule has 2 heteroatoms. The SMILES string of the molecule is C=C/C=C(\C=C)N(c1ccccc1)c1c2ccccc2c(-c2c(C=C)c(C=C)c(N(c3ccccc3)c3ccccc3)c3ccccc23)c2ccccc12. The summed E-state index contributed by atoms with van der Waals surface area (Å²) in [5, 5.41) is 6.75. The van der Waals surface area contributed by atoms with Crippen LogP contribution >= 0.6 is 0 Å². The number of nitrogens with zero attached hydrogens (tertiary/aromatic N) is 2. The smallest absolute Gasteiger partial charge is 0.0618 e. The number of hydrogen-bond donors (Lipinski definition) is 0. The van der Waals surface area contributed by atoms with E-state index in [9.17, 15) is 0 Å². The Balaban J connectivity index is 1.54. The zero-order valence-corrected chi connectivity index (χ0v) is 30.2. The Labute approximate surface area is 317 Å². The molecule has 0 N–H and O–H groups in total. The Morgan fingerprint density at radius 2 is 0.778 bits per heavy atom. The first-order valence-corrected chi connectivity index (χ1v) is 18.2. The molecule has 258 valence electrons. The summed E-state index contributed by atoms with van der Waals surface area (Å²) < 4.78 is 0. The van der Waals surface area contributed by atoms with Gasteiger partial charge in [0.05, 0.1) is 11.4 Å². The van der Waals surface area contributed by atoms with Gasteiger partial charge in [0.15, 0.2) is 0 Å². The zero-order chi connectivity index (χ0) is 37.0. The quantitative estimate of drug-likeness (QED) is 0.0983. The molecular formula is C52H40N2. The van der Waals surface area contributed by atoms with E-state index in [0.717, 1.165) is 88.7 Å². The summed E-state index contributed by atoms with van der Waals surface area (Å²) >= 11 is 0. The summed E-state index contributed by atoms with van der Waals surface area (Å²) in [7, 11) is 0. The third-order valence-corrected chi connectivity index (χ3v) is 10.1. The summed E-state index contributed by atoms with van der Waals surface area (Å²) in [6, 6.07) is 57.8. The molecule has 0 heterocycles. The van der Waals surface area contributed by atoms with Gasteiger partial charge in [-0.15, -0.1) is 0 Å². The first-order chi connectivity index (χ1) is 26.7. The maximum Gasteiger partial charge on any atom is 0.0618 e. The molecule has 0 bridgehead atoms. The largest absolute Gasteiger partial charge is 0.309 e. The Bertz CT molecular complexity index is 2630. The normalized spacial score (nSPS) is 11.4. The molecule has 0 radical (unpaired) electrons. The molecule has 54 heavy (non-hydrogen) atoms. The van der Waals surface area contributed by atoms with E-state index in [2.05, 4.69) is 194 Å². The average molecular weight is 693 g/mol. The second kappa shape index (κ2) is 14.8. The van der Waals surface area contributed by atoms with E-state index < -0.39 is 0 Å². The molecule has 0 amide bonds. The molecule has 0 fully saturated rings. The highest BCUT2D eigenvalue weighted by atomic mass is 15.2. The summed E-state index contributed by atoms with van der Waals surface area (Å²) in [6.07, 6.45) is 9.73. The molecule has 8 aromatic rings. The number of fused-ring (bicyclic) bond motifs is 3.